The van der Waals surface area contributed by atoms with Crippen molar-refractivity contribution in [1.29, 1.82) is 0 Å². The molecule has 0 aromatic carbocycles. The number of nitrogens with one attached hydrogen (secondary N) is 2. The molecule has 0 aliphatic rings. The average Bonchev–Trinajstić information content (AvgIpc) is 2.99. The highest BCUT2D eigenvalue weighted by molar-refractivity contribution is 7.18. The summed E-state index contributed by atoms with van der Waals surface area (Å²) in [6.07, 6.45) is 1.90. The summed E-state index contributed by atoms with van der Waals surface area (Å²) in [4.78, 5) is 17.5. The fourth-order valence-electron chi connectivity index (χ4n) is 2.49. The minimum absolute atomic E-state index is 0.0590. The molecule has 3 heterocycles. The van der Waals surface area contributed by atoms with Gasteiger partial charge in [-0.3, -0.25) is 10.3 Å². The van der Waals surface area contributed by atoms with Gasteiger partial charge in [-0.2, -0.15) is 4.98 Å². The lowest BCUT2D eigenvalue weighted by molar-refractivity contribution is 0.107. The van der Waals surface area contributed by atoms with Crippen LogP contribution < -0.4 is 10.6 Å². The van der Waals surface area contributed by atoms with Crippen molar-refractivity contribution in [1.82, 2.24) is 25.3 Å². The van der Waals surface area contributed by atoms with Crippen molar-refractivity contribution in [2.75, 3.05) is 11.9 Å². The number of rotatable bonds is 7. The standard InChI is InChI=1S/C17H22N6O2S/c1-9(24)7-19-16(25)13-14-15(21-11(3)26-14)23-17(22-13)20-10(2)12-5-4-6-18-8-12/h4-6,8-10,16,19,24-25H,7H2,1-3H3,(H,20,22,23). The lowest BCUT2D eigenvalue weighted by Crippen LogP contribution is -2.29. The number of aromatic nitrogens is 4. The number of nitrogens with zero attached hydrogens (tertiary/aromatic N) is 4. The molecule has 3 aromatic heterocycles. The van der Waals surface area contributed by atoms with Crippen LogP contribution >= 0.6 is 11.3 Å². The molecule has 9 heteroatoms. The third-order valence-electron chi connectivity index (χ3n) is 3.78. The number of fused-ring (bicyclic) bond motifs is 1. The predicted molar refractivity (Wildman–Crippen MR) is 101 cm³/mol. The van der Waals surface area contributed by atoms with Crippen LogP contribution in [0.15, 0.2) is 24.5 Å². The molecule has 0 fully saturated rings. The smallest absolute Gasteiger partial charge is 0.225 e. The van der Waals surface area contributed by atoms with E-state index in [-0.39, 0.29) is 12.6 Å². The number of aliphatic hydroxyl groups excluding tert-OH is 2. The molecule has 0 aliphatic carbocycles. The van der Waals surface area contributed by atoms with E-state index >= 15 is 0 Å². The molecule has 138 valence electrons. The Morgan fingerprint density at radius 1 is 1.19 bits per heavy atom. The number of aryl methyl sites for hydroxylation is 1. The highest BCUT2D eigenvalue weighted by atomic mass is 32.1. The van der Waals surface area contributed by atoms with Gasteiger partial charge < -0.3 is 15.5 Å². The van der Waals surface area contributed by atoms with Gasteiger partial charge in [-0.05, 0) is 32.4 Å². The Morgan fingerprint density at radius 2 is 2.00 bits per heavy atom. The Bertz CT molecular complexity index is 870. The molecule has 3 unspecified atom stereocenters. The van der Waals surface area contributed by atoms with Crippen molar-refractivity contribution in [3.05, 3.63) is 40.8 Å². The maximum absolute atomic E-state index is 10.5. The monoisotopic (exact) mass is 374 g/mol. The van der Waals surface area contributed by atoms with Gasteiger partial charge in [0.1, 0.15) is 11.9 Å². The van der Waals surface area contributed by atoms with Gasteiger partial charge in [0.2, 0.25) is 5.95 Å². The van der Waals surface area contributed by atoms with Gasteiger partial charge in [0.05, 0.1) is 21.9 Å². The van der Waals surface area contributed by atoms with Gasteiger partial charge in [-0.1, -0.05) is 6.07 Å². The van der Waals surface area contributed by atoms with Gasteiger partial charge in [0.25, 0.3) is 0 Å². The quantitative estimate of drug-likeness (QED) is 0.464. The maximum Gasteiger partial charge on any atom is 0.225 e. The lowest BCUT2D eigenvalue weighted by Gasteiger charge is -2.17. The van der Waals surface area contributed by atoms with E-state index in [0.717, 1.165) is 15.3 Å². The van der Waals surface area contributed by atoms with Crippen LogP contribution in [0, 0.1) is 6.92 Å². The second-order valence-electron chi connectivity index (χ2n) is 6.13. The Balaban J connectivity index is 1.91. The van der Waals surface area contributed by atoms with Crippen LogP contribution in [0.25, 0.3) is 10.3 Å². The molecule has 0 saturated carbocycles. The first kappa shape index (κ1) is 18.6. The van der Waals surface area contributed by atoms with E-state index in [0.29, 0.717) is 17.3 Å². The predicted octanol–water partition coefficient (Wildman–Crippen LogP) is 1.92. The number of thiazole rings is 1. The first-order valence-electron chi connectivity index (χ1n) is 8.35. The summed E-state index contributed by atoms with van der Waals surface area (Å²) in [5.74, 6) is 0.382. The molecule has 3 rings (SSSR count). The Morgan fingerprint density at radius 3 is 2.69 bits per heavy atom. The van der Waals surface area contributed by atoms with Crippen LogP contribution in [0.5, 0.6) is 0 Å². The first-order valence-corrected chi connectivity index (χ1v) is 9.16. The molecule has 26 heavy (non-hydrogen) atoms. The molecule has 0 bridgehead atoms. The molecule has 0 aliphatic heterocycles. The second-order valence-corrected chi connectivity index (χ2v) is 7.33. The summed E-state index contributed by atoms with van der Waals surface area (Å²) in [5.41, 5.74) is 1.98. The van der Waals surface area contributed by atoms with Gasteiger partial charge in [0, 0.05) is 18.9 Å². The van der Waals surface area contributed by atoms with E-state index in [1.54, 1.807) is 19.3 Å². The Kier molecular flexibility index (Phi) is 5.72. The molecule has 3 aromatic rings. The zero-order valence-corrected chi connectivity index (χ0v) is 15.7. The van der Waals surface area contributed by atoms with Crippen LogP contribution in [-0.4, -0.2) is 42.8 Å². The number of hydrogen-bond acceptors (Lipinski definition) is 9. The highest BCUT2D eigenvalue weighted by Gasteiger charge is 2.19. The van der Waals surface area contributed by atoms with E-state index in [4.69, 9.17) is 0 Å². The Hall–Kier alpha value is -2.20. The Labute approximate surface area is 155 Å². The molecule has 4 N–H and O–H groups in total. The van der Waals surface area contributed by atoms with Crippen LogP contribution in [0.1, 0.15) is 42.4 Å². The second kappa shape index (κ2) is 8.00. The molecular formula is C17H22N6O2S. The van der Waals surface area contributed by atoms with Gasteiger partial charge >= 0.3 is 0 Å². The maximum atomic E-state index is 10.5. The van der Waals surface area contributed by atoms with Gasteiger partial charge in [-0.25, -0.2) is 9.97 Å². The van der Waals surface area contributed by atoms with E-state index < -0.39 is 12.3 Å². The minimum atomic E-state index is -1.02. The van der Waals surface area contributed by atoms with Crippen molar-refractivity contribution in [3.63, 3.8) is 0 Å². The third kappa shape index (κ3) is 4.31. The summed E-state index contributed by atoms with van der Waals surface area (Å²) < 4.78 is 0.729. The van der Waals surface area contributed by atoms with E-state index in [1.165, 1.54) is 11.3 Å². The number of hydrogen-bond donors (Lipinski definition) is 4. The van der Waals surface area contributed by atoms with Crippen molar-refractivity contribution >= 4 is 27.6 Å². The van der Waals surface area contributed by atoms with E-state index in [2.05, 4.69) is 30.6 Å². The van der Waals surface area contributed by atoms with Gasteiger partial charge in [0.15, 0.2) is 5.65 Å². The van der Waals surface area contributed by atoms with Crippen LogP contribution in [-0.2, 0) is 0 Å². The normalized spacial score (nSPS) is 15.0. The number of pyridine rings is 1. The minimum Gasteiger partial charge on any atom is -0.392 e. The van der Waals surface area contributed by atoms with Crippen molar-refractivity contribution in [2.45, 2.75) is 39.1 Å². The van der Waals surface area contributed by atoms with E-state index in [1.807, 2.05) is 26.0 Å². The molecule has 3 atom stereocenters. The van der Waals surface area contributed by atoms with E-state index in [9.17, 15) is 10.2 Å². The largest absolute Gasteiger partial charge is 0.392 e. The van der Waals surface area contributed by atoms with Gasteiger partial charge in [-0.15, -0.1) is 11.3 Å². The molecule has 0 amide bonds. The molecule has 0 radical (unpaired) electrons. The SMILES string of the molecule is Cc1nc2nc(NC(C)c3cccnc3)nc(C(O)NCC(C)O)c2s1. The molecule has 0 spiro atoms. The van der Waals surface area contributed by atoms with Crippen LogP contribution in [0.3, 0.4) is 0 Å². The van der Waals surface area contributed by atoms with Crippen molar-refractivity contribution in [3.8, 4) is 0 Å². The summed E-state index contributed by atoms with van der Waals surface area (Å²) in [6, 6.07) is 3.78. The summed E-state index contributed by atoms with van der Waals surface area (Å²) in [6.45, 7) is 5.77. The fraction of sp³-hybridized carbons (Fsp3) is 0.412. The zero-order chi connectivity index (χ0) is 18.7. The van der Waals surface area contributed by atoms with Crippen LogP contribution in [0.4, 0.5) is 5.95 Å². The lowest BCUT2D eigenvalue weighted by atomic mass is 10.1. The topological polar surface area (TPSA) is 116 Å². The first-order chi connectivity index (χ1) is 12.4. The zero-order valence-electron chi connectivity index (χ0n) is 14.8. The number of aliphatic hydroxyl groups is 2. The van der Waals surface area contributed by atoms with Crippen LogP contribution in [0.2, 0.25) is 0 Å². The summed E-state index contributed by atoms with van der Waals surface area (Å²) in [5, 5.41) is 26.9. The summed E-state index contributed by atoms with van der Waals surface area (Å²) >= 11 is 1.43. The summed E-state index contributed by atoms with van der Waals surface area (Å²) in [7, 11) is 0. The highest BCUT2D eigenvalue weighted by Crippen LogP contribution is 2.28. The number of anilines is 1. The van der Waals surface area contributed by atoms with Crippen molar-refractivity contribution in [2.24, 2.45) is 0 Å². The molecule has 0 saturated heterocycles. The molecular weight excluding hydrogens is 352 g/mol. The fourth-order valence-corrected chi connectivity index (χ4v) is 3.36. The average molecular weight is 374 g/mol. The molecule has 8 nitrogen and oxygen atoms in total. The van der Waals surface area contributed by atoms with Crippen molar-refractivity contribution < 1.29 is 10.2 Å². The third-order valence-corrected chi connectivity index (χ3v) is 4.77.